The molecular formula is C16H18N4O4S. The van der Waals surface area contributed by atoms with Crippen molar-refractivity contribution in [3.05, 3.63) is 53.9 Å². The molecular weight excluding hydrogens is 344 g/mol. The summed E-state index contributed by atoms with van der Waals surface area (Å²) in [5.74, 6) is 0.0859. The number of benzene rings is 1. The molecule has 1 aromatic heterocycles. The number of phenols is 1. The highest BCUT2D eigenvalue weighted by molar-refractivity contribution is 7.80. The Hall–Kier alpha value is -2.78. The van der Waals surface area contributed by atoms with E-state index in [1.807, 2.05) is 6.92 Å². The molecule has 1 aliphatic rings. The van der Waals surface area contributed by atoms with Gasteiger partial charge in [-0.25, -0.2) is 4.98 Å². The highest BCUT2D eigenvalue weighted by Gasteiger charge is 2.32. The van der Waals surface area contributed by atoms with Crippen molar-refractivity contribution in [3.8, 4) is 11.5 Å². The monoisotopic (exact) mass is 362 g/mol. The zero-order valence-electron chi connectivity index (χ0n) is 13.4. The summed E-state index contributed by atoms with van der Waals surface area (Å²) < 4.78 is 7.15. The molecule has 0 amide bonds. The molecule has 25 heavy (non-hydrogen) atoms. The van der Waals surface area contributed by atoms with Crippen LogP contribution in [0.5, 0.6) is 11.5 Å². The minimum Gasteiger partial charge on any atom is -0.504 e. The summed E-state index contributed by atoms with van der Waals surface area (Å²) in [5, 5.41) is 36.1. The molecule has 1 aromatic carbocycles. The molecule has 0 spiro atoms. The molecule has 0 radical (unpaired) electrons. The maximum absolute atomic E-state index is 10.4. The summed E-state index contributed by atoms with van der Waals surface area (Å²) >= 11 is 4.94. The summed E-state index contributed by atoms with van der Waals surface area (Å²) in [5.41, 5.74) is 0.941. The number of aromatic hydroxyl groups is 1. The first-order valence-corrected chi connectivity index (χ1v) is 8.03. The second kappa shape index (κ2) is 6.99. The lowest BCUT2D eigenvalue weighted by molar-refractivity contribution is 0.167. The van der Waals surface area contributed by atoms with Gasteiger partial charge in [0.1, 0.15) is 0 Å². The average molecular weight is 362 g/mol. The van der Waals surface area contributed by atoms with Crippen LogP contribution in [0, 0.1) is 0 Å². The molecule has 2 atom stereocenters. The molecule has 8 nitrogen and oxygen atoms in total. The number of hydrogen-bond donors (Lipinski definition) is 5. The van der Waals surface area contributed by atoms with E-state index in [-0.39, 0.29) is 22.3 Å². The number of nitrogens with one attached hydrogen (secondary N) is 2. The van der Waals surface area contributed by atoms with E-state index in [1.165, 1.54) is 6.07 Å². The van der Waals surface area contributed by atoms with Crippen LogP contribution in [0.15, 0.2) is 48.4 Å². The Morgan fingerprint density at radius 3 is 2.84 bits per heavy atom. The molecule has 2 aromatic rings. The average Bonchev–Trinajstić information content (AvgIpc) is 3.07. The summed E-state index contributed by atoms with van der Waals surface area (Å²) in [7, 11) is 0. The van der Waals surface area contributed by atoms with E-state index in [0.717, 1.165) is 0 Å². The quantitative estimate of drug-likeness (QED) is 0.504. The number of imidazole rings is 1. The molecule has 9 heteroatoms. The van der Waals surface area contributed by atoms with E-state index in [9.17, 15) is 15.3 Å². The fourth-order valence-electron chi connectivity index (χ4n) is 2.73. The predicted molar refractivity (Wildman–Crippen MR) is 94.2 cm³/mol. The van der Waals surface area contributed by atoms with Crippen LogP contribution in [0.1, 0.15) is 18.5 Å². The maximum atomic E-state index is 10.4. The van der Waals surface area contributed by atoms with E-state index in [1.54, 1.807) is 35.4 Å². The topological polar surface area (TPSA) is 112 Å². The molecule has 0 aliphatic carbocycles. The van der Waals surface area contributed by atoms with Gasteiger partial charge in [0, 0.05) is 12.4 Å². The third-order valence-corrected chi connectivity index (χ3v) is 4.00. The maximum Gasteiger partial charge on any atom is 0.196 e. The lowest BCUT2D eigenvalue weighted by Crippen LogP contribution is -2.50. The molecule has 3 rings (SSSR count). The molecule has 0 saturated carbocycles. The first-order chi connectivity index (χ1) is 12.0. The van der Waals surface area contributed by atoms with E-state index in [4.69, 9.17) is 17.0 Å². The van der Waals surface area contributed by atoms with Gasteiger partial charge >= 0.3 is 0 Å². The SMILES string of the molecule is CCOc1cc([C@H](C2=C(O)NC(=S)N[C@H]2O)n2ccnc2)ccc1O. The minimum absolute atomic E-state index is 0.00908. The van der Waals surface area contributed by atoms with Crippen molar-refractivity contribution in [1.82, 2.24) is 20.2 Å². The van der Waals surface area contributed by atoms with Crippen LogP contribution in [0.2, 0.25) is 0 Å². The van der Waals surface area contributed by atoms with Crippen molar-refractivity contribution in [1.29, 1.82) is 0 Å². The fourth-order valence-corrected chi connectivity index (χ4v) is 2.94. The van der Waals surface area contributed by atoms with E-state index >= 15 is 0 Å². The van der Waals surface area contributed by atoms with Crippen molar-refractivity contribution < 1.29 is 20.1 Å². The number of nitrogens with zero attached hydrogens (tertiary/aromatic N) is 2. The number of aliphatic hydroxyl groups is 2. The van der Waals surface area contributed by atoms with Crippen molar-refractivity contribution >= 4 is 17.3 Å². The largest absolute Gasteiger partial charge is 0.504 e. The molecule has 1 aliphatic heterocycles. The highest BCUT2D eigenvalue weighted by Crippen LogP contribution is 2.35. The molecule has 0 saturated heterocycles. The Balaban J connectivity index is 2.13. The van der Waals surface area contributed by atoms with Crippen LogP contribution < -0.4 is 15.4 Å². The van der Waals surface area contributed by atoms with Gasteiger partial charge in [0.25, 0.3) is 0 Å². The smallest absolute Gasteiger partial charge is 0.196 e. The van der Waals surface area contributed by atoms with Crippen molar-refractivity contribution in [3.63, 3.8) is 0 Å². The van der Waals surface area contributed by atoms with Gasteiger partial charge in [0.05, 0.1) is 24.5 Å². The third-order valence-electron chi connectivity index (χ3n) is 3.78. The second-order valence-corrected chi connectivity index (χ2v) is 5.79. The van der Waals surface area contributed by atoms with E-state index in [2.05, 4.69) is 15.6 Å². The molecule has 0 fully saturated rings. The third kappa shape index (κ3) is 3.37. The van der Waals surface area contributed by atoms with Crippen LogP contribution in [0.4, 0.5) is 0 Å². The Bertz CT molecular complexity index is 806. The van der Waals surface area contributed by atoms with Gasteiger partial charge in [0.2, 0.25) is 0 Å². The summed E-state index contributed by atoms with van der Waals surface area (Å²) in [6.07, 6.45) is 3.68. The van der Waals surface area contributed by atoms with Crippen LogP contribution in [-0.2, 0) is 0 Å². The van der Waals surface area contributed by atoms with Crippen LogP contribution in [0.25, 0.3) is 0 Å². The van der Waals surface area contributed by atoms with Gasteiger partial charge in [-0.05, 0) is 36.8 Å². The Morgan fingerprint density at radius 1 is 1.40 bits per heavy atom. The van der Waals surface area contributed by atoms with Gasteiger partial charge in [0.15, 0.2) is 28.7 Å². The summed E-state index contributed by atoms with van der Waals surface area (Å²) in [6, 6.07) is 4.24. The second-order valence-electron chi connectivity index (χ2n) is 5.38. The van der Waals surface area contributed by atoms with Crippen molar-refractivity contribution in [2.75, 3.05) is 6.61 Å². The Kier molecular flexibility index (Phi) is 4.77. The lowest BCUT2D eigenvalue weighted by Gasteiger charge is -2.31. The molecule has 5 N–H and O–H groups in total. The van der Waals surface area contributed by atoms with Crippen molar-refractivity contribution in [2.24, 2.45) is 0 Å². The first kappa shape index (κ1) is 17.1. The zero-order chi connectivity index (χ0) is 18.0. The predicted octanol–water partition coefficient (Wildman–Crippen LogP) is 1.14. The van der Waals surface area contributed by atoms with E-state index in [0.29, 0.717) is 17.9 Å². The van der Waals surface area contributed by atoms with Gasteiger partial charge in [-0.3, -0.25) is 0 Å². The van der Waals surface area contributed by atoms with E-state index < -0.39 is 12.3 Å². The highest BCUT2D eigenvalue weighted by atomic mass is 32.1. The minimum atomic E-state index is -1.19. The van der Waals surface area contributed by atoms with Crippen molar-refractivity contribution in [2.45, 2.75) is 19.2 Å². The number of ether oxygens (including phenoxy) is 1. The van der Waals surface area contributed by atoms with Gasteiger partial charge in [-0.15, -0.1) is 0 Å². The lowest BCUT2D eigenvalue weighted by atomic mass is 9.96. The van der Waals surface area contributed by atoms with Gasteiger partial charge < -0.3 is 35.3 Å². The number of phenolic OH excluding ortho intramolecular Hbond substituents is 1. The molecule has 0 bridgehead atoms. The summed E-state index contributed by atoms with van der Waals surface area (Å²) in [6.45, 7) is 2.20. The Labute approximate surface area is 149 Å². The number of aromatic nitrogens is 2. The van der Waals surface area contributed by atoms with Gasteiger partial charge in [-0.1, -0.05) is 6.07 Å². The fraction of sp³-hybridized carbons (Fsp3) is 0.250. The molecule has 132 valence electrons. The molecule has 2 heterocycles. The number of hydrogen-bond acceptors (Lipinski definition) is 6. The Morgan fingerprint density at radius 2 is 2.20 bits per heavy atom. The summed E-state index contributed by atoms with van der Waals surface area (Å²) in [4.78, 5) is 4.03. The van der Waals surface area contributed by atoms with Crippen LogP contribution in [0.3, 0.4) is 0 Å². The van der Waals surface area contributed by atoms with Crippen LogP contribution in [-0.4, -0.2) is 42.8 Å². The standard InChI is InChI=1S/C16H18N4O4S/c1-2-24-11-7-9(3-4-10(11)21)13(20-6-5-17-8-20)12-14(22)18-16(25)19-15(12)23/h3-8,13-14,21-23H,2H2,1H3,(H2,18,19,25)/t13-,14+/m1/s1. The number of aliphatic hydroxyl groups excluding tert-OH is 2. The normalized spacial score (nSPS) is 18.5. The van der Waals surface area contributed by atoms with Crippen LogP contribution >= 0.6 is 12.2 Å². The number of rotatable bonds is 5. The first-order valence-electron chi connectivity index (χ1n) is 7.63. The molecule has 0 unspecified atom stereocenters. The number of thiocarbonyl (C=S) groups is 1. The zero-order valence-corrected chi connectivity index (χ0v) is 14.2. The van der Waals surface area contributed by atoms with Gasteiger partial charge in [-0.2, -0.15) is 0 Å².